The third-order valence-electron chi connectivity index (χ3n) is 8.42. The Bertz CT molecular complexity index is 1770. The van der Waals surface area contributed by atoms with Gasteiger partial charge in [-0.05, 0) is 99.9 Å². The molecule has 0 atom stereocenters. The molecule has 0 saturated heterocycles. The smallest absolute Gasteiger partial charge is 0.243 e. The Labute approximate surface area is 327 Å². The Morgan fingerprint density at radius 1 is 0.446 bits per heavy atom. The molecule has 4 N–H and O–H groups in total. The van der Waals surface area contributed by atoms with Crippen molar-refractivity contribution in [1.82, 2.24) is 21.3 Å². The van der Waals surface area contributed by atoms with Gasteiger partial charge in [0, 0.05) is 31.7 Å². The molecule has 0 bridgehead atoms. The normalized spacial score (nSPS) is 11.2. The summed E-state index contributed by atoms with van der Waals surface area (Å²) >= 11 is 0. The maximum absolute atomic E-state index is 14.7. The quantitative estimate of drug-likeness (QED) is 0.0612. The molecule has 0 aliphatic heterocycles. The molecule has 2 aromatic rings. The Morgan fingerprint density at radius 2 is 0.786 bits per heavy atom. The molecule has 56 heavy (non-hydrogen) atoms. The molecule has 14 heteroatoms. The average molecular weight is 773 g/mol. The zero-order valence-corrected chi connectivity index (χ0v) is 31.8. The van der Waals surface area contributed by atoms with Gasteiger partial charge in [0.05, 0.1) is 43.1 Å². The van der Waals surface area contributed by atoms with Crippen molar-refractivity contribution in [3.63, 3.8) is 0 Å². The van der Waals surface area contributed by atoms with Gasteiger partial charge in [-0.15, -0.1) is 0 Å². The molecule has 14 nitrogen and oxygen atoms in total. The van der Waals surface area contributed by atoms with Gasteiger partial charge in [0.25, 0.3) is 0 Å². The van der Waals surface area contributed by atoms with Crippen LogP contribution in [-0.2, 0) is 19.2 Å². The van der Waals surface area contributed by atoms with E-state index in [9.17, 15) is 28.8 Å². The molecular weight excluding hydrogens is 720 g/mol. The fraction of sp³-hybridized carbons (Fsp3) is 0.381. The van der Waals surface area contributed by atoms with Gasteiger partial charge in [0.15, 0.2) is 17.3 Å². The zero-order valence-electron chi connectivity index (χ0n) is 31.8. The van der Waals surface area contributed by atoms with Crippen LogP contribution in [0, 0.1) is 0 Å². The van der Waals surface area contributed by atoms with E-state index in [1.54, 1.807) is 18.2 Å². The number of ketones is 2. The molecule has 0 unspecified atom stereocenters. The molecule has 1 aliphatic rings. The molecule has 300 valence electrons. The predicted octanol–water partition coefficient (Wildman–Crippen LogP) is 4.31. The largest absolute Gasteiger partial charge is 0.493 e. The van der Waals surface area contributed by atoms with Crippen LogP contribution in [0.5, 0.6) is 23.0 Å². The molecule has 2 aromatic carbocycles. The van der Waals surface area contributed by atoms with Gasteiger partial charge in [0.2, 0.25) is 29.4 Å². The van der Waals surface area contributed by atoms with Crippen molar-refractivity contribution >= 4 is 35.2 Å². The summed E-state index contributed by atoms with van der Waals surface area (Å²) in [7, 11) is 0. The first-order chi connectivity index (χ1) is 27.2. The van der Waals surface area contributed by atoms with Crippen LogP contribution in [0.2, 0.25) is 0 Å². The zero-order chi connectivity index (χ0) is 40.7. The van der Waals surface area contributed by atoms with Crippen LogP contribution in [-0.4, -0.2) is 87.8 Å². The van der Waals surface area contributed by atoms with Gasteiger partial charge < -0.3 is 40.2 Å². The van der Waals surface area contributed by atoms with Crippen LogP contribution in [0.1, 0.15) is 83.2 Å². The number of nitrogens with one attached hydrogen (secondary N) is 4. The second-order valence-electron chi connectivity index (χ2n) is 12.5. The minimum Gasteiger partial charge on any atom is -0.493 e. The third-order valence-corrected chi connectivity index (χ3v) is 8.42. The van der Waals surface area contributed by atoms with Crippen LogP contribution in [0.3, 0.4) is 0 Å². The average Bonchev–Trinajstić information content (AvgIpc) is 3.21. The SMILES string of the molecule is C=CC(=O)NCCCCOc1ccc2c(c1OCCCCNC(=O)C=C)C(=O)c1c(OCCCCNC(=O)C=C)ccc(OCCCCNC(=O)C=C)c1C2=O. The van der Waals surface area contributed by atoms with Gasteiger partial charge in [0.1, 0.15) is 11.5 Å². The lowest BCUT2D eigenvalue weighted by Crippen LogP contribution is -2.25. The van der Waals surface area contributed by atoms with Crippen LogP contribution >= 0.6 is 0 Å². The van der Waals surface area contributed by atoms with Gasteiger partial charge in [-0.1, -0.05) is 26.3 Å². The highest BCUT2D eigenvalue weighted by Gasteiger charge is 2.39. The number of ether oxygens (including phenoxy) is 4. The van der Waals surface area contributed by atoms with E-state index >= 15 is 0 Å². The van der Waals surface area contributed by atoms with E-state index in [1.807, 2.05) is 0 Å². The number of fused-ring (bicyclic) bond motifs is 2. The summed E-state index contributed by atoms with van der Waals surface area (Å²) in [4.78, 5) is 75.1. The van der Waals surface area contributed by atoms with Crippen molar-refractivity contribution in [2.75, 3.05) is 52.6 Å². The van der Waals surface area contributed by atoms with Gasteiger partial charge in [-0.3, -0.25) is 28.8 Å². The number of carbonyl (C=O) groups is 6. The first-order valence-electron chi connectivity index (χ1n) is 18.7. The summed E-state index contributed by atoms with van der Waals surface area (Å²) in [5.74, 6) is -1.30. The number of hydrogen-bond donors (Lipinski definition) is 4. The molecular formula is C42H52N4O10. The van der Waals surface area contributed by atoms with Gasteiger partial charge in [-0.25, -0.2) is 0 Å². The van der Waals surface area contributed by atoms with Gasteiger partial charge in [-0.2, -0.15) is 0 Å². The first kappa shape index (κ1) is 44.2. The molecule has 0 aromatic heterocycles. The van der Waals surface area contributed by atoms with Crippen LogP contribution in [0.25, 0.3) is 0 Å². The minimum absolute atomic E-state index is 0.0327. The van der Waals surface area contributed by atoms with Crippen molar-refractivity contribution in [1.29, 1.82) is 0 Å². The molecule has 0 spiro atoms. The summed E-state index contributed by atoms with van der Waals surface area (Å²) in [5.41, 5.74) is 0.246. The molecule has 0 heterocycles. The Morgan fingerprint density at radius 3 is 1.18 bits per heavy atom. The standard InChI is InChI=1S/C42H52N4O10/c1-5-33(47)43-21-9-13-25-53-30-19-20-31(54-26-14-10-22-44-34(48)6-2)39-38(30)40(51)29-17-18-32(55-27-15-11-23-45-35(49)7-3)42(37(29)41(39)52)56-28-16-12-24-46-36(50)8-4/h5-8,17-20H,1-4,9-16,21-28H2,(H,43,47)(H,44,48)(H,45,49)(H,46,50). The van der Waals surface area contributed by atoms with E-state index in [1.165, 1.54) is 30.4 Å². The number of carbonyl (C=O) groups excluding carboxylic acids is 6. The van der Waals surface area contributed by atoms with Crippen molar-refractivity contribution in [2.45, 2.75) is 51.4 Å². The van der Waals surface area contributed by atoms with Gasteiger partial charge >= 0.3 is 0 Å². The lowest BCUT2D eigenvalue weighted by atomic mass is 9.82. The first-order valence-corrected chi connectivity index (χ1v) is 18.7. The van der Waals surface area contributed by atoms with Crippen LogP contribution < -0.4 is 40.2 Å². The summed E-state index contributed by atoms with van der Waals surface area (Å²) in [6.07, 6.45) is 9.37. The molecule has 3 rings (SSSR count). The summed E-state index contributed by atoms with van der Waals surface area (Å²) in [6, 6.07) is 6.33. The van der Waals surface area contributed by atoms with Crippen molar-refractivity contribution in [2.24, 2.45) is 0 Å². The van der Waals surface area contributed by atoms with Crippen molar-refractivity contribution < 1.29 is 47.7 Å². The monoisotopic (exact) mass is 772 g/mol. The fourth-order valence-corrected chi connectivity index (χ4v) is 5.51. The van der Waals surface area contributed by atoms with E-state index in [4.69, 9.17) is 18.9 Å². The maximum atomic E-state index is 14.7. The molecule has 0 radical (unpaired) electrons. The summed E-state index contributed by atoms with van der Waals surface area (Å²) in [6.45, 7) is 16.2. The highest BCUT2D eigenvalue weighted by Crippen LogP contribution is 2.44. The number of benzene rings is 2. The summed E-state index contributed by atoms with van der Waals surface area (Å²) < 4.78 is 24.5. The van der Waals surface area contributed by atoms with E-state index in [0.717, 1.165) is 0 Å². The highest BCUT2D eigenvalue weighted by atomic mass is 16.5. The van der Waals surface area contributed by atoms with E-state index in [0.29, 0.717) is 77.5 Å². The van der Waals surface area contributed by atoms with E-state index < -0.39 is 11.6 Å². The maximum Gasteiger partial charge on any atom is 0.243 e. The third kappa shape index (κ3) is 13.6. The number of amides is 4. The molecule has 1 aliphatic carbocycles. The highest BCUT2D eigenvalue weighted by molar-refractivity contribution is 6.31. The fourth-order valence-electron chi connectivity index (χ4n) is 5.51. The second-order valence-corrected chi connectivity index (χ2v) is 12.5. The minimum atomic E-state index is -0.508. The van der Waals surface area contributed by atoms with Crippen molar-refractivity contribution in [3.8, 4) is 23.0 Å². The topological polar surface area (TPSA) is 187 Å². The number of hydrogen-bond acceptors (Lipinski definition) is 10. The summed E-state index contributed by atoms with van der Waals surface area (Å²) in [5, 5.41) is 10.8. The Balaban J connectivity index is 1.91. The molecule has 0 fully saturated rings. The number of unbranched alkanes of at least 4 members (excludes halogenated alkanes) is 4. The molecule has 4 amide bonds. The van der Waals surface area contributed by atoms with Crippen LogP contribution in [0.4, 0.5) is 0 Å². The molecule has 0 saturated carbocycles. The Kier molecular flexibility index (Phi) is 19.2. The predicted molar refractivity (Wildman–Crippen MR) is 211 cm³/mol. The lowest BCUT2D eigenvalue weighted by molar-refractivity contribution is -0.117. The van der Waals surface area contributed by atoms with Crippen LogP contribution in [0.15, 0.2) is 74.9 Å². The number of rotatable bonds is 28. The van der Waals surface area contributed by atoms with Crippen molar-refractivity contribution in [3.05, 3.63) is 97.1 Å². The Hall–Kier alpha value is -6.18. The van der Waals surface area contributed by atoms with E-state index in [-0.39, 0.29) is 95.3 Å². The lowest BCUT2D eigenvalue weighted by Gasteiger charge is -2.25. The van der Waals surface area contributed by atoms with E-state index in [2.05, 4.69) is 47.6 Å². The second kappa shape index (κ2) is 24.3.